The van der Waals surface area contributed by atoms with Crippen LogP contribution in [0.2, 0.25) is 0 Å². The van der Waals surface area contributed by atoms with Gasteiger partial charge in [0.15, 0.2) is 0 Å². The molecule has 0 atom stereocenters. The highest BCUT2D eigenvalue weighted by atomic mass is 16.5. The van der Waals surface area contributed by atoms with Gasteiger partial charge in [-0.1, -0.05) is 11.8 Å². The standard InChI is InChI=1S/C20H22O5/c1-23-19-11-16(12-20(14-19)24-2)6-4-8-25-7-3-5-15-9-17(21)13-18(22)10-15/h9-14,21-22H,3,5,7-8H2,1-2H3. The van der Waals surface area contributed by atoms with E-state index in [-0.39, 0.29) is 11.5 Å². The van der Waals surface area contributed by atoms with E-state index in [0.717, 1.165) is 17.5 Å². The predicted octanol–water partition coefficient (Wildman–Crippen LogP) is 3.12. The van der Waals surface area contributed by atoms with Crippen LogP contribution in [-0.2, 0) is 11.2 Å². The molecule has 132 valence electrons. The quantitative estimate of drug-likeness (QED) is 0.598. The van der Waals surface area contributed by atoms with Gasteiger partial charge in [0, 0.05) is 24.3 Å². The van der Waals surface area contributed by atoms with Gasteiger partial charge in [0.05, 0.1) is 14.2 Å². The van der Waals surface area contributed by atoms with E-state index in [1.54, 1.807) is 32.4 Å². The molecule has 2 N–H and O–H groups in total. The van der Waals surface area contributed by atoms with Crippen molar-refractivity contribution in [3.8, 4) is 34.8 Å². The van der Waals surface area contributed by atoms with E-state index in [9.17, 15) is 10.2 Å². The number of phenolic OH excluding ortho intramolecular Hbond substituents is 2. The normalized spacial score (nSPS) is 10.0. The van der Waals surface area contributed by atoms with Gasteiger partial charge in [-0.3, -0.25) is 0 Å². The van der Waals surface area contributed by atoms with Crippen LogP contribution in [0.1, 0.15) is 17.5 Å². The van der Waals surface area contributed by atoms with Crippen molar-refractivity contribution in [1.29, 1.82) is 0 Å². The summed E-state index contributed by atoms with van der Waals surface area (Å²) in [6.07, 6.45) is 1.49. The third-order valence-corrected chi connectivity index (χ3v) is 3.47. The second kappa shape index (κ2) is 9.45. The lowest BCUT2D eigenvalue weighted by atomic mass is 10.1. The Hall–Kier alpha value is -2.84. The van der Waals surface area contributed by atoms with E-state index < -0.39 is 0 Å². The summed E-state index contributed by atoms with van der Waals surface area (Å²) in [7, 11) is 3.20. The molecule has 2 rings (SSSR count). The van der Waals surface area contributed by atoms with Crippen LogP contribution >= 0.6 is 0 Å². The molecule has 0 spiro atoms. The maximum Gasteiger partial charge on any atom is 0.123 e. The lowest BCUT2D eigenvalue weighted by molar-refractivity contribution is 0.164. The fourth-order valence-electron chi connectivity index (χ4n) is 2.32. The van der Waals surface area contributed by atoms with Crippen LogP contribution in [0.4, 0.5) is 0 Å². The number of phenols is 2. The lowest BCUT2D eigenvalue weighted by Crippen LogP contribution is -1.97. The summed E-state index contributed by atoms with van der Waals surface area (Å²) >= 11 is 0. The van der Waals surface area contributed by atoms with E-state index in [4.69, 9.17) is 14.2 Å². The summed E-state index contributed by atoms with van der Waals surface area (Å²) in [6.45, 7) is 0.872. The summed E-state index contributed by atoms with van der Waals surface area (Å²) in [5, 5.41) is 18.8. The van der Waals surface area contributed by atoms with Crippen molar-refractivity contribution in [2.75, 3.05) is 27.4 Å². The first-order valence-electron chi connectivity index (χ1n) is 7.92. The third kappa shape index (κ3) is 6.28. The van der Waals surface area contributed by atoms with Crippen molar-refractivity contribution in [1.82, 2.24) is 0 Å². The molecular weight excluding hydrogens is 320 g/mol. The first-order valence-corrected chi connectivity index (χ1v) is 7.92. The zero-order valence-electron chi connectivity index (χ0n) is 14.4. The van der Waals surface area contributed by atoms with Gasteiger partial charge in [-0.15, -0.1) is 0 Å². The van der Waals surface area contributed by atoms with Gasteiger partial charge in [0.1, 0.15) is 29.6 Å². The minimum atomic E-state index is 0.0653. The molecule has 0 radical (unpaired) electrons. The summed E-state index contributed by atoms with van der Waals surface area (Å²) < 4.78 is 15.9. The van der Waals surface area contributed by atoms with E-state index in [2.05, 4.69) is 11.8 Å². The first-order chi connectivity index (χ1) is 12.1. The highest BCUT2D eigenvalue weighted by molar-refractivity contribution is 5.46. The van der Waals surface area contributed by atoms with E-state index in [1.807, 2.05) is 12.1 Å². The van der Waals surface area contributed by atoms with Crippen molar-refractivity contribution < 1.29 is 24.4 Å². The number of ether oxygens (including phenoxy) is 3. The zero-order valence-corrected chi connectivity index (χ0v) is 14.4. The third-order valence-electron chi connectivity index (χ3n) is 3.47. The van der Waals surface area contributed by atoms with Crippen LogP contribution in [0.5, 0.6) is 23.0 Å². The van der Waals surface area contributed by atoms with Crippen LogP contribution in [0.25, 0.3) is 0 Å². The van der Waals surface area contributed by atoms with Crippen molar-refractivity contribution >= 4 is 0 Å². The molecule has 5 nitrogen and oxygen atoms in total. The Morgan fingerprint density at radius 3 is 2.12 bits per heavy atom. The topological polar surface area (TPSA) is 68.2 Å². The molecule has 0 fully saturated rings. The Bertz CT molecular complexity index is 716. The van der Waals surface area contributed by atoms with E-state index >= 15 is 0 Å². The van der Waals surface area contributed by atoms with Gasteiger partial charge in [0.25, 0.3) is 0 Å². The number of aromatic hydroxyl groups is 2. The Balaban J connectivity index is 1.76. The second-order valence-electron chi connectivity index (χ2n) is 5.42. The monoisotopic (exact) mass is 342 g/mol. The van der Waals surface area contributed by atoms with Crippen LogP contribution in [0.15, 0.2) is 36.4 Å². The molecule has 2 aromatic rings. The Labute approximate surface area is 147 Å². The van der Waals surface area contributed by atoms with Gasteiger partial charge < -0.3 is 24.4 Å². The highest BCUT2D eigenvalue weighted by Gasteiger charge is 2.00. The number of aryl methyl sites for hydroxylation is 1. The van der Waals surface area contributed by atoms with Gasteiger partial charge >= 0.3 is 0 Å². The largest absolute Gasteiger partial charge is 0.508 e. The fraction of sp³-hybridized carbons (Fsp3) is 0.300. The molecule has 0 heterocycles. The molecule has 0 aromatic heterocycles. The molecule has 0 amide bonds. The van der Waals surface area contributed by atoms with Gasteiger partial charge in [-0.05, 0) is 42.7 Å². The summed E-state index contributed by atoms with van der Waals surface area (Å²) in [5.74, 6) is 7.49. The van der Waals surface area contributed by atoms with E-state index in [0.29, 0.717) is 31.1 Å². The maximum absolute atomic E-state index is 9.42. The van der Waals surface area contributed by atoms with Crippen LogP contribution in [0, 0.1) is 11.8 Å². The van der Waals surface area contributed by atoms with Gasteiger partial charge in [-0.2, -0.15) is 0 Å². The minimum absolute atomic E-state index is 0.0653. The van der Waals surface area contributed by atoms with Crippen molar-refractivity contribution in [3.63, 3.8) is 0 Å². The number of rotatable bonds is 7. The SMILES string of the molecule is COc1cc(C#CCOCCCc2cc(O)cc(O)c2)cc(OC)c1. The van der Waals surface area contributed by atoms with Gasteiger partial charge in [0.2, 0.25) is 0 Å². The molecule has 0 saturated heterocycles. The highest BCUT2D eigenvalue weighted by Crippen LogP contribution is 2.22. The zero-order chi connectivity index (χ0) is 18.1. The molecule has 0 aliphatic carbocycles. The molecule has 0 saturated carbocycles. The maximum atomic E-state index is 9.42. The molecule has 0 aliphatic rings. The summed E-state index contributed by atoms with van der Waals surface area (Å²) in [4.78, 5) is 0. The van der Waals surface area contributed by atoms with Crippen LogP contribution in [-0.4, -0.2) is 37.6 Å². The second-order valence-corrected chi connectivity index (χ2v) is 5.42. The molecule has 0 bridgehead atoms. The summed E-state index contributed by atoms with van der Waals surface area (Å²) in [5.41, 5.74) is 1.67. The Kier molecular flexibility index (Phi) is 7.00. The molecule has 2 aromatic carbocycles. The molecular formula is C20H22O5. The van der Waals surface area contributed by atoms with Crippen molar-refractivity contribution in [2.45, 2.75) is 12.8 Å². The number of hydrogen-bond donors (Lipinski definition) is 2. The van der Waals surface area contributed by atoms with E-state index in [1.165, 1.54) is 6.07 Å². The summed E-state index contributed by atoms with van der Waals surface area (Å²) in [6, 6.07) is 10.0. The predicted molar refractivity (Wildman–Crippen MR) is 95.3 cm³/mol. The van der Waals surface area contributed by atoms with Crippen molar-refractivity contribution in [3.05, 3.63) is 47.5 Å². The average molecular weight is 342 g/mol. The smallest absolute Gasteiger partial charge is 0.123 e. The number of hydrogen-bond acceptors (Lipinski definition) is 5. The minimum Gasteiger partial charge on any atom is -0.508 e. The molecule has 0 unspecified atom stereocenters. The number of methoxy groups -OCH3 is 2. The van der Waals surface area contributed by atoms with Crippen LogP contribution < -0.4 is 9.47 Å². The van der Waals surface area contributed by atoms with Crippen LogP contribution in [0.3, 0.4) is 0 Å². The molecule has 0 aliphatic heterocycles. The molecule has 25 heavy (non-hydrogen) atoms. The van der Waals surface area contributed by atoms with Gasteiger partial charge in [-0.25, -0.2) is 0 Å². The first kappa shape index (κ1) is 18.5. The Morgan fingerprint density at radius 2 is 1.52 bits per heavy atom. The molecule has 5 heteroatoms. The fourth-order valence-corrected chi connectivity index (χ4v) is 2.32. The average Bonchev–Trinajstić information content (AvgIpc) is 2.59. The lowest BCUT2D eigenvalue weighted by Gasteiger charge is -2.05. The Morgan fingerprint density at radius 1 is 0.880 bits per heavy atom. The number of benzene rings is 2. The van der Waals surface area contributed by atoms with Crippen molar-refractivity contribution in [2.24, 2.45) is 0 Å².